The first-order valence-corrected chi connectivity index (χ1v) is 9.04. The van der Waals surface area contributed by atoms with Crippen LogP contribution in [0.25, 0.3) is 0 Å². The van der Waals surface area contributed by atoms with E-state index in [2.05, 4.69) is 53.4 Å². The third kappa shape index (κ3) is 3.74. The Morgan fingerprint density at radius 2 is 2.17 bits per heavy atom. The van der Waals surface area contributed by atoms with Gasteiger partial charge in [-0.25, -0.2) is 4.98 Å². The van der Waals surface area contributed by atoms with E-state index < -0.39 is 0 Å². The zero-order valence-electron chi connectivity index (χ0n) is 14.0. The highest BCUT2D eigenvalue weighted by atomic mass is 32.1. The van der Waals surface area contributed by atoms with Gasteiger partial charge in [0.15, 0.2) is 0 Å². The molecule has 124 valence electrons. The van der Waals surface area contributed by atoms with Crippen molar-refractivity contribution < 1.29 is 4.74 Å². The van der Waals surface area contributed by atoms with Crippen LogP contribution in [0.1, 0.15) is 36.0 Å². The number of ether oxygens (including phenoxy) is 1. The highest BCUT2D eigenvalue weighted by Crippen LogP contribution is 2.36. The molecule has 0 spiro atoms. The van der Waals surface area contributed by atoms with Gasteiger partial charge in [-0.3, -0.25) is 4.90 Å². The number of hydrogen-bond donors (Lipinski definition) is 1. The van der Waals surface area contributed by atoms with Crippen molar-refractivity contribution in [3.8, 4) is 5.75 Å². The van der Waals surface area contributed by atoms with E-state index in [1.54, 1.807) is 18.4 Å². The van der Waals surface area contributed by atoms with Gasteiger partial charge in [0.05, 0.1) is 13.2 Å². The van der Waals surface area contributed by atoms with Gasteiger partial charge in [-0.05, 0) is 50.6 Å². The van der Waals surface area contributed by atoms with Gasteiger partial charge in [0.1, 0.15) is 10.8 Å². The molecular formula is C18H25N3OS. The monoisotopic (exact) mass is 331 g/mol. The fraction of sp³-hybridized carbons (Fsp3) is 0.500. The maximum Gasteiger partial charge on any atom is 0.118 e. The highest BCUT2D eigenvalue weighted by Gasteiger charge is 2.33. The van der Waals surface area contributed by atoms with Crippen molar-refractivity contribution in [3.63, 3.8) is 0 Å². The van der Waals surface area contributed by atoms with E-state index in [0.29, 0.717) is 18.0 Å². The maximum atomic E-state index is 5.27. The number of likely N-dealkylation sites (tertiary alicyclic amines) is 1. The molecule has 1 saturated heterocycles. The van der Waals surface area contributed by atoms with Gasteiger partial charge in [0.25, 0.3) is 0 Å². The maximum absolute atomic E-state index is 5.27. The molecule has 1 aliphatic heterocycles. The van der Waals surface area contributed by atoms with Gasteiger partial charge in [0.2, 0.25) is 0 Å². The summed E-state index contributed by atoms with van der Waals surface area (Å²) >= 11 is 1.72. The Bertz CT molecular complexity index is 599. The average molecular weight is 331 g/mol. The summed E-state index contributed by atoms with van der Waals surface area (Å²) < 4.78 is 5.27. The Morgan fingerprint density at radius 1 is 1.39 bits per heavy atom. The van der Waals surface area contributed by atoms with E-state index in [0.717, 1.165) is 23.8 Å². The molecule has 4 nitrogen and oxygen atoms in total. The second kappa shape index (κ2) is 7.43. The van der Waals surface area contributed by atoms with Crippen molar-refractivity contribution in [2.75, 3.05) is 27.2 Å². The highest BCUT2D eigenvalue weighted by molar-refractivity contribution is 7.09. The summed E-state index contributed by atoms with van der Waals surface area (Å²) in [7, 11) is 3.93. The fourth-order valence-corrected chi connectivity index (χ4v) is 4.10. The zero-order valence-corrected chi connectivity index (χ0v) is 14.8. The summed E-state index contributed by atoms with van der Waals surface area (Å²) in [4.78, 5) is 6.86. The first-order valence-electron chi connectivity index (χ1n) is 8.16. The Balaban J connectivity index is 1.65. The molecule has 1 fully saturated rings. The van der Waals surface area contributed by atoms with E-state index in [9.17, 15) is 0 Å². The first-order chi connectivity index (χ1) is 11.2. The number of methoxy groups -OCH3 is 1. The van der Waals surface area contributed by atoms with Gasteiger partial charge in [-0.15, -0.1) is 11.3 Å². The lowest BCUT2D eigenvalue weighted by molar-refractivity contribution is 0.268. The lowest BCUT2D eigenvalue weighted by Gasteiger charge is -2.27. The normalized spacial score (nSPS) is 23.1. The van der Waals surface area contributed by atoms with Crippen LogP contribution < -0.4 is 10.1 Å². The molecule has 1 N–H and O–H groups in total. The van der Waals surface area contributed by atoms with Crippen LogP contribution in [0.4, 0.5) is 0 Å². The van der Waals surface area contributed by atoms with E-state index >= 15 is 0 Å². The molecule has 0 aliphatic carbocycles. The van der Waals surface area contributed by atoms with Crippen LogP contribution in [0.3, 0.4) is 0 Å². The summed E-state index contributed by atoms with van der Waals surface area (Å²) in [6.07, 6.45) is 3.10. The number of benzene rings is 1. The van der Waals surface area contributed by atoms with Gasteiger partial charge in [0, 0.05) is 24.2 Å². The smallest absolute Gasteiger partial charge is 0.118 e. The Hall–Kier alpha value is -1.43. The molecule has 1 aliphatic rings. The van der Waals surface area contributed by atoms with Crippen molar-refractivity contribution in [3.05, 3.63) is 46.4 Å². The van der Waals surface area contributed by atoms with Crippen LogP contribution >= 0.6 is 11.3 Å². The quantitative estimate of drug-likeness (QED) is 0.879. The first kappa shape index (κ1) is 16.4. The number of rotatable bonds is 6. The van der Waals surface area contributed by atoms with Crippen LogP contribution in [-0.2, 0) is 0 Å². The van der Waals surface area contributed by atoms with Crippen LogP contribution in [0.2, 0.25) is 0 Å². The molecule has 23 heavy (non-hydrogen) atoms. The van der Waals surface area contributed by atoms with Gasteiger partial charge in [-0.1, -0.05) is 12.1 Å². The van der Waals surface area contributed by atoms with Crippen molar-refractivity contribution >= 4 is 11.3 Å². The van der Waals surface area contributed by atoms with E-state index in [1.807, 2.05) is 11.6 Å². The summed E-state index contributed by atoms with van der Waals surface area (Å²) in [5.74, 6) is 1.54. The van der Waals surface area contributed by atoms with E-state index in [-0.39, 0.29) is 0 Å². The van der Waals surface area contributed by atoms with Gasteiger partial charge < -0.3 is 10.1 Å². The predicted molar refractivity (Wildman–Crippen MR) is 95.0 cm³/mol. The largest absolute Gasteiger partial charge is 0.497 e. The molecule has 0 bridgehead atoms. The predicted octanol–water partition coefficient (Wildman–Crippen LogP) is 3.50. The van der Waals surface area contributed by atoms with Crippen LogP contribution in [-0.4, -0.2) is 37.1 Å². The molecule has 2 aromatic rings. The molecule has 3 rings (SSSR count). The number of thiazole rings is 1. The van der Waals surface area contributed by atoms with Gasteiger partial charge >= 0.3 is 0 Å². The summed E-state index contributed by atoms with van der Waals surface area (Å²) in [5.41, 5.74) is 1.37. The fourth-order valence-electron chi connectivity index (χ4n) is 3.43. The molecule has 5 heteroatoms. The number of hydrogen-bond acceptors (Lipinski definition) is 5. The van der Waals surface area contributed by atoms with Crippen LogP contribution in [0.5, 0.6) is 5.75 Å². The number of aromatic nitrogens is 1. The van der Waals surface area contributed by atoms with Crippen molar-refractivity contribution in [2.45, 2.75) is 25.4 Å². The van der Waals surface area contributed by atoms with E-state index in [4.69, 9.17) is 4.74 Å². The summed E-state index contributed by atoms with van der Waals surface area (Å²) in [6, 6.07) is 9.30. The Labute approximate surface area is 142 Å². The molecule has 1 aromatic carbocycles. The van der Waals surface area contributed by atoms with Crippen molar-refractivity contribution in [2.24, 2.45) is 5.92 Å². The molecule has 0 radical (unpaired) electrons. The molecule has 0 amide bonds. The average Bonchev–Trinajstić information content (AvgIpc) is 3.23. The van der Waals surface area contributed by atoms with E-state index in [1.165, 1.54) is 12.0 Å². The lowest BCUT2D eigenvalue weighted by atomic mass is 9.93. The third-order valence-electron chi connectivity index (χ3n) is 4.74. The van der Waals surface area contributed by atoms with Crippen molar-refractivity contribution in [1.29, 1.82) is 0 Å². The van der Waals surface area contributed by atoms with Crippen LogP contribution in [0, 0.1) is 5.92 Å². The summed E-state index contributed by atoms with van der Waals surface area (Å²) in [6.45, 7) is 4.36. The molecule has 3 atom stereocenters. The number of nitrogens with zero attached hydrogens (tertiary/aromatic N) is 2. The third-order valence-corrected chi connectivity index (χ3v) is 5.70. The SMILES string of the molecule is COc1ccc([C@@H]2[C@H](CN[C@@H](C)c3nccs3)CCN2C)cc1. The van der Waals surface area contributed by atoms with Crippen LogP contribution in [0.15, 0.2) is 35.8 Å². The van der Waals surface area contributed by atoms with Gasteiger partial charge in [-0.2, -0.15) is 0 Å². The minimum Gasteiger partial charge on any atom is -0.497 e. The zero-order chi connectivity index (χ0) is 16.2. The standard InChI is InChI=1S/C18H25N3OS/c1-13(18-19-9-11-23-18)20-12-15-8-10-21(2)17(15)14-4-6-16(22-3)7-5-14/h4-7,9,11,13,15,17,20H,8,10,12H2,1-3H3/t13-,15-,17+/m0/s1. The molecule has 1 aromatic heterocycles. The minimum absolute atomic E-state index is 0.317. The molecular weight excluding hydrogens is 306 g/mol. The minimum atomic E-state index is 0.317. The lowest BCUT2D eigenvalue weighted by Crippen LogP contribution is -2.30. The second-order valence-electron chi connectivity index (χ2n) is 6.25. The topological polar surface area (TPSA) is 37.4 Å². The van der Waals surface area contributed by atoms with Crippen molar-refractivity contribution in [1.82, 2.24) is 15.2 Å². The molecule has 2 heterocycles. The number of nitrogens with one attached hydrogen (secondary N) is 1. The Morgan fingerprint density at radius 3 is 2.83 bits per heavy atom. The molecule has 0 unspecified atom stereocenters. The Kier molecular flexibility index (Phi) is 5.30. The second-order valence-corrected chi connectivity index (χ2v) is 7.17. The summed E-state index contributed by atoms with van der Waals surface area (Å²) in [5, 5.41) is 6.87. The molecule has 0 saturated carbocycles.